The van der Waals surface area contributed by atoms with Crippen LogP contribution in [0.2, 0.25) is 0 Å². The first kappa shape index (κ1) is 18.4. The standard InChI is InChI=1S/C6H10O5.C3H4O4/c7-3-5(9)4(8)1-2-6(10)11;4-2(5)1-3(6)7/h1-2,4-5,7-9H,3H2,(H,10,11);1H2,(H,4,5)(H,6,7). The van der Waals surface area contributed by atoms with Crippen molar-refractivity contribution in [1.82, 2.24) is 0 Å². The zero-order valence-electron chi connectivity index (χ0n) is 9.13. The zero-order chi connectivity index (χ0) is 14.7. The summed E-state index contributed by atoms with van der Waals surface area (Å²) in [6.45, 7) is -0.606. The molecule has 0 heterocycles. The van der Waals surface area contributed by atoms with Crippen molar-refractivity contribution < 1.29 is 45.0 Å². The molecule has 0 aromatic heterocycles. The lowest BCUT2D eigenvalue weighted by atomic mass is 10.2. The fourth-order valence-electron chi connectivity index (χ4n) is 0.547. The van der Waals surface area contributed by atoms with Crippen molar-refractivity contribution in [3.05, 3.63) is 12.2 Å². The topological polar surface area (TPSA) is 173 Å². The largest absolute Gasteiger partial charge is 0.481 e. The van der Waals surface area contributed by atoms with Crippen molar-refractivity contribution in [2.24, 2.45) is 0 Å². The Kier molecular flexibility index (Phi) is 10.4. The van der Waals surface area contributed by atoms with Crippen molar-refractivity contribution in [2.45, 2.75) is 18.6 Å². The van der Waals surface area contributed by atoms with E-state index in [4.69, 9.17) is 30.6 Å². The number of carboxylic acid groups (broad SMARTS) is 3. The summed E-state index contributed by atoms with van der Waals surface area (Å²) in [6.07, 6.45) is -1.88. The van der Waals surface area contributed by atoms with E-state index in [1.165, 1.54) is 0 Å². The van der Waals surface area contributed by atoms with Crippen LogP contribution >= 0.6 is 0 Å². The van der Waals surface area contributed by atoms with Gasteiger partial charge in [0, 0.05) is 6.08 Å². The quantitative estimate of drug-likeness (QED) is 0.232. The second-order valence-corrected chi connectivity index (χ2v) is 2.90. The molecule has 0 aliphatic heterocycles. The molecule has 6 N–H and O–H groups in total. The number of aliphatic hydroxyl groups is 3. The molecule has 0 saturated heterocycles. The molecule has 0 fully saturated rings. The van der Waals surface area contributed by atoms with Gasteiger partial charge in [0.1, 0.15) is 18.6 Å². The Bertz CT molecular complexity index is 297. The third kappa shape index (κ3) is 14.0. The predicted molar refractivity (Wildman–Crippen MR) is 55.8 cm³/mol. The number of rotatable bonds is 6. The van der Waals surface area contributed by atoms with Crippen LogP contribution in [0.3, 0.4) is 0 Å². The minimum absolute atomic E-state index is 0.606. The van der Waals surface area contributed by atoms with Crippen LogP contribution in [-0.2, 0) is 14.4 Å². The molecule has 0 aromatic carbocycles. The second-order valence-electron chi connectivity index (χ2n) is 2.90. The fraction of sp³-hybridized carbons (Fsp3) is 0.444. The van der Waals surface area contributed by atoms with Gasteiger partial charge in [-0.05, 0) is 6.08 Å². The lowest BCUT2D eigenvalue weighted by Gasteiger charge is -2.09. The van der Waals surface area contributed by atoms with E-state index in [0.29, 0.717) is 6.08 Å². The fourth-order valence-corrected chi connectivity index (χ4v) is 0.547. The molecule has 104 valence electrons. The van der Waals surface area contributed by atoms with Crippen molar-refractivity contribution >= 4 is 17.9 Å². The van der Waals surface area contributed by atoms with Gasteiger partial charge in [-0.25, -0.2) is 4.79 Å². The average Bonchev–Trinajstić information content (AvgIpc) is 2.23. The number of hydrogen-bond acceptors (Lipinski definition) is 6. The zero-order valence-corrected chi connectivity index (χ0v) is 9.13. The Morgan fingerprint density at radius 1 is 1.00 bits per heavy atom. The summed E-state index contributed by atoms with van der Waals surface area (Å²) in [5.74, 6) is -3.84. The molecule has 9 nitrogen and oxygen atoms in total. The molecule has 0 saturated carbocycles. The number of aliphatic hydroxyl groups excluding tert-OH is 3. The molecular formula is C9H14O9. The number of aliphatic carboxylic acids is 3. The van der Waals surface area contributed by atoms with Crippen LogP contribution in [0.4, 0.5) is 0 Å². The van der Waals surface area contributed by atoms with Crippen LogP contribution in [-0.4, -0.2) is 67.4 Å². The van der Waals surface area contributed by atoms with Crippen LogP contribution in [0.25, 0.3) is 0 Å². The van der Waals surface area contributed by atoms with E-state index in [1.807, 2.05) is 0 Å². The third-order valence-electron chi connectivity index (χ3n) is 1.32. The molecule has 0 radical (unpaired) electrons. The van der Waals surface area contributed by atoms with E-state index in [0.717, 1.165) is 6.08 Å². The van der Waals surface area contributed by atoms with Gasteiger partial charge in [-0.1, -0.05) is 0 Å². The van der Waals surface area contributed by atoms with Crippen molar-refractivity contribution in [2.75, 3.05) is 6.61 Å². The maximum atomic E-state index is 9.87. The van der Waals surface area contributed by atoms with Crippen molar-refractivity contribution in [1.29, 1.82) is 0 Å². The third-order valence-corrected chi connectivity index (χ3v) is 1.32. The minimum Gasteiger partial charge on any atom is -0.481 e. The molecule has 0 aliphatic rings. The summed E-state index contributed by atoms with van der Waals surface area (Å²) in [4.78, 5) is 28.7. The van der Waals surface area contributed by atoms with E-state index in [9.17, 15) is 14.4 Å². The summed E-state index contributed by atoms with van der Waals surface area (Å²) >= 11 is 0. The normalized spacial score (nSPS) is 13.3. The highest BCUT2D eigenvalue weighted by atomic mass is 16.4. The van der Waals surface area contributed by atoms with E-state index < -0.39 is 43.1 Å². The van der Waals surface area contributed by atoms with Gasteiger partial charge in [0.2, 0.25) is 0 Å². The van der Waals surface area contributed by atoms with Crippen LogP contribution in [0, 0.1) is 0 Å². The maximum Gasteiger partial charge on any atom is 0.328 e. The summed E-state index contributed by atoms with van der Waals surface area (Å²) in [6, 6.07) is 0. The van der Waals surface area contributed by atoms with Gasteiger partial charge in [0.25, 0.3) is 0 Å². The number of carbonyl (C=O) groups is 3. The lowest BCUT2D eigenvalue weighted by Crippen LogP contribution is -2.27. The van der Waals surface area contributed by atoms with E-state index >= 15 is 0 Å². The van der Waals surface area contributed by atoms with E-state index in [1.54, 1.807) is 0 Å². The maximum absolute atomic E-state index is 9.87. The molecule has 0 spiro atoms. The highest BCUT2D eigenvalue weighted by Crippen LogP contribution is 1.93. The van der Waals surface area contributed by atoms with Gasteiger partial charge in [-0.3, -0.25) is 9.59 Å². The van der Waals surface area contributed by atoms with Crippen molar-refractivity contribution in [3.63, 3.8) is 0 Å². The Balaban J connectivity index is 0. The molecule has 0 amide bonds. The molecule has 0 bridgehead atoms. The van der Waals surface area contributed by atoms with Crippen LogP contribution in [0.1, 0.15) is 6.42 Å². The van der Waals surface area contributed by atoms with Gasteiger partial charge < -0.3 is 30.6 Å². The SMILES string of the molecule is O=C(O)C=CC(O)C(O)CO.O=C(O)CC(=O)O. The first-order valence-corrected chi connectivity index (χ1v) is 4.52. The Labute approximate surface area is 101 Å². The summed E-state index contributed by atoms with van der Waals surface area (Å²) in [7, 11) is 0. The van der Waals surface area contributed by atoms with Gasteiger partial charge >= 0.3 is 17.9 Å². The highest BCUT2D eigenvalue weighted by molar-refractivity contribution is 5.88. The summed E-state index contributed by atoms with van der Waals surface area (Å²) < 4.78 is 0. The number of hydrogen-bond donors (Lipinski definition) is 6. The van der Waals surface area contributed by atoms with E-state index in [2.05, 4.69) is 0 Å². The lowest BCUT2D eigenvalue weighted by molar-refractivity contribution is -0.147. The van der Waals surface area contributed by atoms with Gasteiger partial charge in [0.15, 0.2) is 0 Å². The van der Waals surface area contributed by atoms with Crippen LogP contribution < -0.4 is 0 Å². The van der Waals surface area contributed by atoms with Crippen molar-refractivity contribution in [3.8, 4) is 0 Å². The molecule has 0 aliphatic carbocycles. The molecule has 2 atom stereocenters. The first-order valence-electron chi connectivity index (χ1n) is 4.52. The number of carboxylic acids is 3. The molecule has 2 unspecified atom stereocenters. The summed E-state index contributed by atoms with van der Waals surface area (Å²) in [5, 5.41) is 49.3. The molecule has 0 aromatic rings. The van der Waals surface area contributed by atoms with Gasteiger partial charge in [-0.15, -0.1) is 0 Å². The predicted octanol–water partition coefficient (Wildman–Crippen LogP) is -2.11. The van der Waals surface area contributed by atoms with Gasteiger partial charge in [-0.2, -0.15) is 0 Å². The Morgan fingerprint density at radius 3 is 1.67 bits per heavy atom. The first-order chi connectivity index (χ1) is 8.20. The molecule has 0 rings (SSSR count). The highest BCUT2D eigenvalue weighted by Gasteiger charge is 2.11. The Morgan fingerprint density at radius 2 is 1.44 bits per heavy atom. The van der Waals surface area contributed by atoms with Gasteiger partial charge in [0.05, 0.1) is 6.61 Å². The molecule has 18 heavy (non-hydrogen) atoms. The Hall–Kier alpha value is -1.97. The minimum atomic E-state index is -1.34. The van der Waals surface area contributed by atoms with E-state index in [-0.39, 0.29) is 0 Å². The molecular weight excluding hydrogens is 252 g/mol. The van der Waals surface area contributed by atoms with Crippen LogP contribution in [0.5, 0.6) is 0 Å². The second kappa shape index (κ2) is 10.2. The monoisotopic (exact) mass is 266 g/mol. The molecule has 9 heteroatoms. The smallest absolute Gasteiger partial charge is 0.328 e. The average molecular weight is 266 g/mol. The summed E-state index contributed by atoms with van der Waals surface area (Å²) in [5.41, 5.74) is 0. The van der Waals surface area contributed by atoms with Crippen LogP contribution in [0.15, 0.2) is 12.2 Å².